The molecule has 146 valence electrons. The maximum Gasteiger partial charge on any atom is 0.195 e. The molecule has 0 amide bonds. The molecule has 0 radical (unpaired) electrons. The number of aromatic nitrogens is 3. The van der Waals surface area contributed by atoms with Gasteiger partial charge in [0.2, 0.25) is 0 Å². The second-order valence-corrected chi connectivity index (χ2v) is 8.05. The van der Waals surface area contributed by atoms with Crippen molar-refractivity contribution in [3.63, 3.8) is 0 Å². The number of para-hydroxylation sites is 1. The van der Waals surface area contributed by atoms with Crippen LogP contribution in [0.1, 0.15) is 37.1 Å². The van der Waals surface area contributed by atoms with Gasteiger partial charge in [0.25, 0.3) is 0 Å². The monoisotopic (exact) mass is 395 g/mol. The molecule has 0 aliphatic heterocycles. The molecule has 1 fully saturated rings. The lowest BCUT2D eigenvalue weighted by atomic mass is 10.2. The van der Waals surface area contributed by atoms with Gasteiger partial charge in [0.1, 0.15) is 18.2 Å². The number of aryl methyl sites for hydroxylation is 1. The van der Waals surface area contributed by atoms with Crippen LogP contribution >= 0.6 is 11.8 Å². The molecular weight excluding hydrogens is 370 g/mol. The van der Waals surface area contributed by atoms with E-state index in [1.54, 1.807) is 0 Å². The van der Waals surface area contributed by atoms with E-state index >= 15 is 0 Å². The summed E-state index contributed by atoms with van der Waals surface area (Å²) in [6.45, 7) is 2.38. The molecule has 2 aromatic carbocycles. The van der Waals surface area contributed by atoms with Gasteiger partial charge in [0.15, 0.2) is 5.16 Å². The zero-order valence-corrected chi connectivity index (χ0v) is 16.8. The number of thioether (sulfide) groups is 1. The summed E-state index contributed by atoms with van der Waals surface area (Å²) < 4.78 is 7.84. The van der Waals surface area contributed by atoms with Crippen LogP contribution in [0.3, 0.4) is 0 Å². The fourth-order valence-corrected chi connectivity index (χ4v) is 3.90. The SMILES string of the molecule is CCc1ccc(OCC(O)CSc2nnc(C3CC3)n2-c2ccccc2)cc1. The Labute approximate surface area is 169 Å². The molecule has 1 aliphatic carbocycles. The van der Waals surface area contributed by atoms with Gasteiger partial charge in [-0.1, -0.05) is 49.0 Å². The van der Waals surface area contributed by atoms with Gasteiger partial charge in [0, 0.05) is 17.4 Å². The minimum Gasteiger partial charge on any atom is -0.491 e. The normalized spacial score (nSPS) is 14.8. The molecule has 1 N–H and O–H groups in total. The second-order valence-electron chi connectivity index (χ2n) is 7.06. The number of aliphatic hydroxyl groups is 1. The van der Waals surface area contributed by atoms with E-state index in [1.165, 1.54) is 30.2 Å². The maximum atomic E-state index is 10.4. The van der Waals surface area contributed by atoms with Crippen molar-refractivity contribution in [1.82, 2.24) is 14.8 Å². The lowest BCUT2D eigenvalue weighted by Gasteiger charge is -2.13. The lowest BCUT2D eigenvalue weighted by molar-refractivity contribution is 0.126. The molecule has 1 saturated carbocycles. The van der Waals surface area contributed by atoms with Gasteiger partial charge in [-0.25, -0.2) is 0 Å². The quantitative estimate of drug-likeness (QED) is 0.549. The molecule has 1 unspecified atom stereocenters. The maximum absolute atomic E-state index is 10.4. The highest BCUT2D eigenvalue weighted by Crippen LogP contribution is 2.41. The molecule has 1 atom stereocenters. The van der Waals surface area contributed by atoms with Gasteiger partial charge in [-0.3, -0.25) is 4.57 Å². The fraction of sp³-hybridized carbons (Fsp3) is 0.364. The van der Waals surface area contributed by atoms with E-state index in [4.69, 9.17) is 4.74 Å². The van der Waals surface area contributed by atoms with Gasteiger partial charge in [-0.2, -0.15) is 0 Å². The van der Waals surface area contributed by atoms with E-state index in [1.807, 2.05) is 30.3 Å². The molecule has 6 heteroatoms. The second kappa shape index (κ2) is 8.80. The average Bonchev–Trinajstić information content (AvgIpc) is 3.51. The topological polar surface area (TPSA) is 60.2 Å². The third kappa shape index (κ3) is 4.56. The average molecular weight is 396 g/mol. The Kier molecular flexibility index (Phi) is 5.98. The Morgan fingerprint density at radius 3 is 2.54 bits per heavy atom. The minimum atomic E-state index is -0.582. The van der Waals surface area contributed by atoms with Crippen molar-refractivity contribution >= 4 is 11.8 Å². The van der Waals surface area contributed by atoms with Crippen molar-refractivity contribution in [2.24, 2.45) is 0 Å². The smallest absolute Gasteiger partial charge is 0.195 e. The predicted molar refractivity (Wildman–Crippen MR) is 111 cm³/mol. The third-order valence-corrected chi connectivity index (χ3v) is 5.87. The Hall–Kier alpha value is -2.31. The van der Waals surface area contributed by atoms with Crippen LogP contribution in [0.5, 0.6) is 5.75 Å². The summed E-state index contributed by atoms with van der Waals surface area (Å²) in [6.07, 6.45) is 2.76. The van der Waals surface area contributed by atoms with Crippen LogP contribution in [-0.4, -0.2) is 38.3 Å². The Bertz CT molecular complexity index is 892. The Balaban J connectivity index is 1.37. The third-order valence-electron chi connectivity index (χ3n) is 4.79. The minimum absolute atomic E-state index is 0.257. The summed E-state index contributed by atoms with van der Waals surface area (Å²) in [5, 5.41) is 20.0. The van der Waals surface area contributed by atoms with Crippen LogP contribution in [0.4, 0.5) is 0 Å². The van der Waals surface area contributed by atoms with Crippen molar-refractivity contribution in [3.05, 3.63) is 66.0 Å². The number of benzene rings is 2. The molecule has 1 aromatic heterocycles. The molecule has 4 rings (SSSR count). The highest BCUT2D eigenvalue weighted by Gasteiger charge is 2.31. The number of rotatable bonds is 9. The van der Waals surface area contributed by atoms with E-state index in [0.29, 0.717) is 11.7 Å². The number of ether oxygens (including phenoxy) is 1. The van der Waals surface area contributed by atoms with E-state index < -0.39 is 6.10 Å². The van der Waals surface area contributed by atoms with Gasteiger partial charge in [-0.05, 0) is 49.1 Å². The van der Waals surface area contributed by atoms with Crippen LogP contribution in [0.25, 0.3) is 5.69 Å². The highest BCUT2D eigenvalue weighted by atomic mass is 32.2. The van der Waals surface area contributed by atoms with Crippen LogP contribution < -0.4 is 4.74 Å². The number of nitrogens with zero attached hydrogens (tertiary/aromatic N) is 3. The molecule has 1 heterocycles. The van der Waals surface area contributed by atoms with Crippen LogP contribution in [0.15, 0.2) is 59.8 Å². The largest absolute Gasteiger partial charge is 0.491 e. The summed E-state index contributed by atoms with van der Waals surface area (Å²) >= 11 is 1.52. The van der Waals surface area contributed by atoms with Gasteiger partial charge >= 0.3 is 0 Å². The summed E-state index contributed by atoms with van der Waals surface area (Å²) in [5.74, 6) is 2.81. The zero-order valence-electron chi connectivity index (χ0n) is 16.0. The first kappa shape index (κ1) is 19.0. The first-order valence-corrected chi connectivity index (χ1v) is 10.8. The fourth-order valence-electron chi connectivity index (χ4n) is 3.03. The van der Waals surface area contributed by atoms with Crippen molar-refractivity contribution < 1.29 is 9.84 Å². The van der Waals surface area contributed by atoms with Crippen molar-refractivity contribution in [2.45, 2.75) is 43.4 Å². The summed E-state index contributed by atoms with van der Waals surface area (Å²) in [6, 6.07) is 18.2. The van der Waals surface area contributed by atoms with Crippen molar-refractivity contribution in [3.8, 4) is 11.4 Å². The summed E-state index contributed by atoms with van der Waals surface area (Å²) in [4.78, 5) is 0. The molecule has 0 spiro atoms. The molecular formula is C22H25N3O2S. The van der Waals surface area contributed by atoms with Gasteiger partial charge in [-0.15, -0.1) is 10.2 Å². The van der Waals surface area contributed by atoms with Crippen LogP contribution in [0, 0.1) is 0 Å². The van der Waals surface area contributed by atoms with E-state index in [0.717, 1.165) is 28.8 Å². The number of hydrogen-bond acceptors (Lipinski definition) is 5. The molecule has 5 nitrogen and oxygen atoms in total. The van der Waals surface area contributed by atoms with Gasteiger partial charge in [0.05, 0.1) is 6.10 Å². The van der Waals surface area contributed by atoms with E-state index in [9.17, 15) is 5.11 Å². The van der Waals surface area contributed by atoms with Crippen LogP contribution in [0.2, 0.25) is 0 Å². The number of hydrogen-bond donors (Lipinski definition) is 1. The van der Waals surface area contributed by atoms with Crippen molar-refractivity contribution in [1.29, 1.82) is 0 Å². The molecule has 3 aromatic rings. The summed E-state index contributed by atoms with van der Waals surface area (Å²) in [5.41, 5.74) is 2.34. The van der Waals surface area contributed by atoms with E-state index in [-0.39, 0.29) is 6.61 Å². The Morgan fingerprint density at radius 1 is 1.11 bits per heavy atom. The lowest BCUT2D eigenvalue weighted by Crippen LogP contribution is -2.20. The highest BCUT2D eigenvalue weighted by molar-refractivity contribution is 7.99. The molecule has 0 bridgehead atoms. The molecule has 28 heavy (non-hydrogen) atoms. The molecule has 1 aliphatic rings. The first-order chi connectivity index (χ1) is 13.7. The summed E-state index contributed by atoms with van der Waals surface area (Å²) in [7, 11) is 0. The predicted octanol–water partition coefficient (Wildman–Crippen LogP) is 4.24. The van der Waals surface area contributed by atoms with E-state index in [2.05, 4.69) is 46.0 Å². The van der Waals surface area contributed by atoms with Gasteiger partial charge < -0.3 is 9.84 Å². The standard InChI is InChI=1S/C22H25N3O2S/c1-2-16-8-12-20(13-9-16)27-14-19(26)15-28-22-24-23-21(17-10-11-17)25(22)18-6-4-3-5-7-18/h3-9,12-13,17,19,26H,2,10-11,14-15H2,1H3. The molecule has 0 saturated heterocycles. The van der Waals surface area contributed by atoms with Crippen molar-refractivity contribution in [2.75, 3.05) is 12.4 Å². The zero-order chi connectivity index (χ0) is 19.3. The Morgan fingerprint density at radius 2 is 1.86 bits per heavy atom. The van der Waals surface area contributed by atoms with Crippen LogP contribution in [-0.2, 0) is 6.42 Å². The number of aliphatic hydroxyl groups excluding tert-OH is 1. The first-order valence-electron chi connectivity index (χ1n) is 9.78.